The van der Waals surface area contributed by atoms with Gasteiger partial charge in [-0.05, 0) is 31.4 Å². The summed E-state index contributed by atoms with van der Waals surface area (Å²) >= 11 is 6.35. The van der Waals surface area contributed by atoms with Gasteiger partial charge in [0.15, 0.2) is 5.96 Å². The fourth-order valence-corrected chi connectivity index (χ4v) is 4.00. The van der Waals surface area contributed by atoms with Crippen LogP contribution in [0.4, 0.5) is 5.69 Å². The predicted molar refractivity (Wildman–Crippen MR) is 127 cm³/mol. The lowest BCUT2D eigenvalue weighted by Crippen LogP contribution is -2.52. The Labute approximate surface area is 194 Å². The molecule has 0 aromatic heterocycles. The SMILES string of the molecule is CN=C(NCCN1C(=O)CCCC1=O)NC1CCCN(c2ccccc2Cl)C1.I. The van der Waals surface area contributed by atoms with E-state index in [4.69, 9.17) is 11.6 Å². The number of carbonyl (C=O) groups excluding carboxylic acids is 2. The number of hydrogen-bond acceptors (Lipinski definition) is 4. The number of imide groups is 1. The van der Waals surface area contributed by atoms with Gasteiger partial charge in [-0.25, -0.2) is 0 Å². The fraction of sp³-hybridized carbons (Fsp3) is 0.550. The smallest absolute Gasteiger partial charge is 0.229 e. The average Bonchev–Trinajstić information content (AvgIpc) is 2.70. The second kappa shape index (κ2) is 11.6. The number of halogens is 2. The highest BCUT2D eigenvalue weighted by molar-refractivity contribution is 14.0. The molecule has 1 aromatic rings. The highest BCUT2D eigenvalue weighted by Crippen LogP contribution is 2.27. The quantitative estimate of drug-likeness (QED) is 0.263. The minimum absolute atomic E-state index is 0. The summed E-state index contributed by atoms with van der Waals surface area (Å²) in [6.07, 6.45) is 3.69. The first-order chi connectivity index (χ1) is 13.6. The van der Waals surface area contributed by atoms with Crippen LogP contribution in [-0.4, -0.2) is 61.9 Å². The van der Waals surface area contributed by atoms with Crippen LogP contribution in [0.15, 0.2) is 29.3 Å². The highest BCUT2D eigenvalue weighted by atomic mass is 127. The molecule has 2 saturated heterocycles. The summed E-state index contributed by atoms with van der Waals surface area (Å²) in [4.78, 5) is 31.7. The number of anilines is 1. The minimum Gasteiger partial charge on any atom is -0.368 e. The molecule has 0 saturated carbocycles. The number of hydrogen-bond donors (Lipinski definition) is 2. The molecule has 0 bridgehead atoms. The zero-order valence-corrected chi connectivity index (χ0v) is 19.8. The number of aliphatic imine (C=N–C) groups is 1. The summed E-state index contributed by atoms with van der Waals surface area (Å²) in [6.45, 7) is 2.67. The van der Waals surface area contributed by atoms with Crippen molar-refractivity contribution in [1.82, 2.24) is 15.5 Å². The summed E-state index contributed by atoms with van der Waals surface area (Å²) < 4.78 is 0. The zero-order valence-electron chi connectivity index (χ0n) is 16.7. The molecule has 0 radical (unpaired) electrons. The van der Waals surface area contributed by atoms with Crippen molar-refractivity contribution < 1.29 is 9.59 Å². The monoisotopic (exact) mass is 533 g/mol. The van der Waals surface area contributed by atoms with Gasteiger partial charge in [-0.2, -0.15) is 0 Å². The van der Waals surface area contributed by atoms with Gasteiger partial charge in [0.05, 0.1) is 10.7 Å². The Kier molecular flexibility index (Phi) is 9.48. The molecule has 160 valence electrons. The van der Waals surface area contributed by atoms with E-state index in [-0.39, 0.29) is 41.8 Å². The summed E-state index contributed by atoms with van der Waals surface area (Å²) in [6, 6.07) is 8.15. The van der Waals surface area contributed by atoms with E-state index >= 15 is 0 Å². The molecule has 0 spiro atoms. The zero-order chi connectivity index (χ0) is 19.9. The summed E-state index contributed by atoms with van der Waals surface area (Å²) in [5.41, 5.74) is 1.06. The van der Waals surface area contributed by atoms with Crippen molar-refractivity contribution in [1.29, 1.82) is 0 Å². The fourth-order valence-electron chi connectivity index (χ4n) is 3.75. The molecule has 2 N–H and O–H groups in total. The van der Waals surface area contributed by atoms with E-state index in [2.05, 4.69) is 20.5 Å². The third-order valence-corrected chi connectivity index (χ3v) is 5.51. The molecule has 2 aliphatic heterocycles. The van der Waals surface area contributed by atoms with Crippen molar-refractivity contribution in [2.75, 3.05) is 38.1 Å². The van der Waals surface area contributed by atoms with Crippen molar-refractivity contribution in [3.63, 3.8) is 0 Å². The average molecular weight is 534 g/mol. The van der Waals surface area contributed by atoms with Crippen LogP contribution in [0.2, 0.25) is 5.02 Å². The van der Waals surface area contributed by atoms with Gasteiger partial charge in [-0.15, -0.1) is 24.0 Å². The van der Waals surface area contributed by atoms with Crippen LogP contribution in [0.3, 0.4) is 0 Å². The van der Waals surface area contributed by atoms with E-state index in [1.165, 1.54) is 4.90 Å². The van der Waals surface area contributed by atoms with Crippen LogP contribution >= 0.6 is 35.6 Å². The number of amides is 2. The van der Waals surface area contributed by atoms with Gasteiger partial charge in [-0.3, -0.25) is 19.5 Å². The lowest BCUT2D eigenvalue weighted by atomic mass is 10.0. The van der Waals surface area contributed by atoms with Crippen molar-refractivity contribution in [3.8, 4) is 0 Å². The molecule has 0 aliphatic carbocycles. The maximum Gasteiger partial charge on any atom is 0.229 e. The number of piperidine rings is 2. The Morgan fingerprint density at radius 2 is 1.93 bits per heavy atom. The Morgan fingerprint density at radius 1 is 1.21 bits per heavy atom. The second-order valence-electron chi connectivity index (χ2n) is 7.17. The van der Waals surface area contributed by atoms with Crippen molar-refractivity contribution >= 4 is 59.0 Å². The summed E-state index contributed by atoms with van der Waals surface area (Å²) in [5, 5.41) is 7.44. The molecular formula is C20H29ClIN5O2. The number of nitrogens with one attached hydrogen (secondary N) is 2. The summed E-state index contributed by atoms with van der Waals surface area (Å²) in [5.74, 6) is 0.523. The highest BCUT2D eigenvalue weighted by Gasteiger charge is 2.26. The maximum atomic E-state index is 11.9. The number of likely N-dealkylation sites (tertiary alicyclic amines) is 1. The van der Waals surface area contributed by atoms with Gasteiger partial charge in [0.2, 0.25) is 11.8 Å². The van der Waals surface area contributed by atoms with E-state index in [0.717, 1.165) is 36.6 Å². The molecule has 2 fully saturated rings. The third-order valence-electron chi connectivity index (χ3n) is 5.19. The van der Waals surface area contributed by atoms with Crippen LogP contribution < -0.4 is 15.5 Å². The first kappa shape index (κ1) is 23.7. The lowest BCUT2D eigenvalue weighted by Gasteiger charge is -2.36. The molecule has 2 aliphatic rings. The molecule has 7 nitrogen and oxygen atoms in total. The topological polar surface area (TPSA) is 77.0 Å². The standard InChI is InChI=1S/C20H28ClN5O2.HI/c1-22-20(23-11-13-26-18(27)9-4-10-19(26)28)24-15-6-5-12-25(14-15)17-8-3-2-7-16(17)21;/h2-3,7-8,15H,4-6,9-14H2,1H3,(H2,22,23,24);1H. The van der Waals surface area contributed by atoms with E-state index in [9.17, 15) is 9.59 Å². The molecule has 1 unspecified atom stereocenters. The first-order valence-corrected chi connectivity index (χ1v) is 10.3. The van der Waals surface area contributed by atoms with Crippen molar-refractivity contribution in [2.45, 2.75) is 38.1 Å². The molecular weight excluding hydrogens is 505 g/mol. The van der Waals surface area contributed by atoms with Gasteiger partial charge in [0.1, 0.15) is 0 Å². The predicted octanol–water partition coefficient (Wildman–Crippen LogP) is 2.63. The normalized spacial score (nSPS) is 20.3. The van der Waals surface area contributed by atoms with E-state index in [0.29, 0.717) is 38.3 Å². The molecule has 3 rings (SSSR count). The molecule has 2 heterocycles. The Bertz CT molecular complexity index is 729. The second-order valence-corrected chi connectivity index (χ2v) is 7.58. The largest absolute Gasteiger partial charge is 0.368 e. The molecule has 1 atom stereocenters. The van der Waals surface area contributed by atoms with E-state index in [1.807, 2.05) is 24.3 Å². The third kappa shape index (κ3) is 6.47. The van der Waals surface area contributed by atoms with Gasteiger partial charge < -0.3 is 15.5 Å². The Hall–Kier alpha value is -1.55. The summed E-state index contributed by atoms with van der Waals surface area (Å²) in [7, 11) is 1.72. The number of rotatable bonds is 5. The van der Waals surface area contributed by atoms with Crippen LogP contribution in [-0.2, 0) is 9.59 Å². The van der Waals surface area contributed by atoms with Crippen LogP contribution in [0.5, 0.6) is 0 Å². The van der Waals surface area contributed by atoms with E-state index in [1.54, 1.807) is 7.05 Å². The Morgan fingerprint density at radius 3 is 2.62 bits per heavy atom. The molecule has 9 heteroatoms. The van der Waals surface area contributed by atoms with Crippen LogP contribution in [0.25, 0.3) is 0 Å². The number of benzene rings is 1. The van der Waals surface area contributed by atoms with Gasteiger partial charge in [0.25, 0.3) is 0 Å². The van der Waals surface area contributed by atoms with Crippen LogP contribution in [0.1, 0.15) is 32.1 Å². The number of guanidine groups is 1. The number of nitrogens with zero attached hydrogens (tertiary/aromatic N) is 3. The molecule has 2 amide bonds. The van der Waals surface area contributed by atoms with Crippen molar-refractivity contribution in [2.24, 2.45) is 4.99 Å². The Balaban J connectivity index is 0.00000300. The van der Waals surface area contributed by atoms with Crippen molar-refractivity contribution in [3.05, 3.63) is 29.3 Å². The molecule has 1 aromatic carbocycles. The number of carbonyl (C=O) groups is 2. The number of para-hydroxylation sites is 1. The van der Waals surface area contributed by atoms with Gasteiger partial charge in [0, 0.05) is 52.1 Å². The van der Waals surface area contributed by atoms with Gasteiger partial charge in [-0.1, -0.05) is 23.7 Å². The first-order valence-electron chi connectivity index (χ1n) is 9.88. The van der Waals surface area contributed by atoms with Crippen LogP contribution in [0, 0.1) is 0 Å². The molecule has 29 heavy (non-hydrogen) atoms. The minimum atomic E-state index is -0.0799. The van der Waals surface area contributed by atoms with Gasteiger partial charge >= 0.3 is 0 Å². The maximum absolute atomic E-state index is 11.9. The lowest BCUT2D eigenvalue weighted by molar-refractivity contribution is -0.147. The van der Waals surface area contributed by atoms with E-state index < -0.39 is 0 Å².